The fourth-order valence-electron chi connectivity index (χ4n) is 2.88. The second-order valence-electron chi connectivity index (χ2n) is 6.49. The van der Waals surface area contributed by atoms with Crippen molar-refractivity contribution in [2.75, 3.05) is 6.54 Å². The molecule has 0 aliphatic carbocycles. The van der Waals surface area contributed by atoms with Crippen LogP contribution < -0.4 is 27.7 Å². The van der Waals surface area contributed by atoms with E-state index in [9.17, 15) is 19.7 Å². The number of nitrogens with zero attached hydrogens (tertiary/aromatic N) is 2. The Hall–Kier alpha value is -3.71. The Kier molecular flexibility index (Phi) is 8.08. The molecular weight excluding hydrogens is 396 g/mol. The smallest absolute Gasteiger partial charge is 0.265 e. The molecule has 1 unspecified atom stereocenters. The molecule has 0 saturated carbocycles. The molecule has 2 rings (SSSR count). The molecule has 2 atom stereocenters. The molecule has 13 nitrogen and oxygen atoms in total. The summed E-state index contributed by atoms with van der Waals surface area (Å²) in [5.74, 6) is -1.76. The predicted molar refractivity (Wildman–Crippen MR) is 108 cm³/mol. The number of amides is 2. The van der Waals surface area contributed by atoms with Crippen molar-refractivity contribution in [3.05, 3.63) is 46.1 Å². The zero-order valence-electron chi connectivity index (χ0n) is 16.0. The summed E-state index contributed by atoms with van der Waals surface area (Å²) in [6, 6.07) is 5.60. The van der Waals surface area contributed by atoms with Crippen LogP contribution in [-0.2, 0) is 16.0 Å². The van der Waals surface area contributed by atoms with Crippen LogP contribution in [0.2, 0.25) is 0 Å². The molecule has 0 saturated heterocycles. The first-order valence-corrected chi connectivity index (χ1v) is 9.07. The molecule has 0 aliphatic heterocycles. The van der Waals surface area contributed by atoms with E-state index in [0.29, 0.717) is 0 Å². The average molecular weight is 420 g/mol. The second-order valence-corrected chi connectivity index (χ2v) is 6.49. The van der Waals surface area contributed by atoms with E-state index in [2.05, 4.69) is 15.3 Å². The number of hydrogen-bond donors (Lipinski definition) is 7. The predicted octanol–water partition coefficient (Wildman–Crippen LogP) is -1.10. The van der Waals surface area contributed by atoms with Crippen molar-refractivity contribution in [3.63, 3.8) is 0 Å². The largest absolute Gasteiger partial charge is 0.365 e. The molecule has 162 valence electrons. The lowest BCUT2D eigenvalue weighted by Crippen LogP contribution is -2.51. The van der Waals surface area contributed by atoms with E-state index in [0.717, 1.165) is 16.5 Å². The highest BCUT2D eigenvalue weighted by atomic mass is 16.7. The first-order valence-electron chi connectivity index (χ1n) is 9.07. The molecular formula is C17H24N8O5. The van der Waals surface area contributed by atoms with Gasteiger partial charge < -0.3 is 21.8 Å². The van der Waals surface area contributed by atoms with Gasteiger partial charge in [-0.25, -0.2) is 20.6 Å². The summed E-state index contributed by atoms with van der Waals surface area (Å²) < 4.78 is 0. The Morgan fingerprint density at radius 2 is 2.03 bits per heavy atom. The summed E-state index contributed by atoms with van der Waals surface area (Å²) in [5, 5.41) is 21.7. The molecule has 2 aromatic rings. The van der Waals surface area contributed by atoms with Crippen LogP contribution in [0.5, 0.6) is 0 Å². The number of benzene rings is 1. The van der Waals surface area contributed by atoms with E-state index in [1.807, 2.05) is 24.3 Å². The first kappa shape index (κ1) is 22.6. The Morgan fingerprint density at radius 3 is 2.73 bits per heavy atom. The summed E-state index contributed by atoms with van der Waals surface area (Å²) in [7, 11) is 0. The number of aromatic nitrogens is 1. The standard InChI is InChI=1S/C17H24N8O5/c18-12(8-10-9-21-13-5-2-1-4-11(10)13)15(26)22-14(16(27)24-28)6-3-7-20-17(19)23-25(29)30/h1-2,4-5,9,12,14,21,28H,3,6-8,18H2,(H,22,26)(H,24,27)(H3,19,20,23)/t12?,14-/m0/s1. The van der Waals surface area contributed by atoms with E-state index in [4.69, 9.17) is 16.7 Å². The van der Waals surface area contributed by atoms with Crippen molar-refractivity contribution >= 4 is 28.7 Å². The summed E-state index contributed by atoms with van der Waals surface area (Å²) in [4.78, 5) is 41.4. The topological polar surface area (TPSA) is 214 Å². The number of nitrogens with one attached hydrogen (secondary N) is 4. The highest BCUT2D eigenvalue weighted by Gasteiger charge is 2.24. The van der Waals surface area contributed by atoms with E-state index < -0.39 is 28.9 Å². The number of guanidine groups is 1. The quantitative estimate of drug-likeness (QED) is 0.0624. The second kappa shape index (κ2) is 10.7. The van der Waals surface area contributed by atoms with Crippen LogP contribution in [-0.4, -0.2) is 51.6 Å². The van der Waals surface area contributed by atoms with Gasteiger partial charge in [-0.3, -0.25) is 14.8 Å². The number of nitro groups is 1. The average Bonchev–Trinajstić information content (AvgIpc) is 3.11. The van der Waals surface area contributed by atoms with Gasteiger partial charge in [-0.2, -0.15) is 0 Å². The van der Waals surface area contributed by atoms with Gasteiger partial charge in [-0.15, -0.1) is 0 Å². The monoisotopic (exact) mass is 420 g/mol. The van der Waals surface area contributed by atoms with Crippen molar-refractivity contribution in [1.29, 1.82) is 0 Å². The molecule has 30 heavy (non-hydrogen) atoms. The number of aromatic amines is 1. The maximum Gasteiger partial charge on any atom is 0.265 e. The zero-order valence-corrected chi connectivity index (χ0v) is 16.0. The molecule has 9 N–H and O–H groups in total. The van der Waals surface area contributed by atoms with E-state index in [1.165, 1.54) is 5.48 Å². The summed E-state index contributed by atoms with van der Waals surface area (Å²) in [6.45, 7) is 0.0686. The Bertz CT molecular complexity index is 928. The maximum atomic E-state index is 12.5. The van der Waals surface area contributed by atoms with Gasteiger partial charge in [-0.1, -0.05) is 23.6 Å². The molecule has 0 spiro atoms. The van der Waals surface area contributed by atoms with Gasteiger partial charge in [0.1, 0.15) is 6.04 Å². The lowest BCUT2D eigenvalue weighted by molar-refractivity contribution is -0.525. The SMILES string of the molecule is NC(=NCCC[C@H](NC(=O)C(N)Cc1c[nH]c2ccccc12)C(=O)NO)N[N+](=O)[O-]. The van der Waals surface area contributed by atoms with Crippen LogP contribution in [0.15, 0.2) is 35.5 Å². The van der Waals surface area contributed by atoms with Gasteiger partial charge in [0.25, 0.3) is 11.9 Å². The molecule has 0 radical (unpaired) electrons. The maximum absolute atomic E-state index is 12.5. The molecule has 0 bridgehead atoms. The van der Waals surface area contributed by atoms with Crippen molar-refractivity contribution in [1.82, 2.24) is 21.2 Å². The molecule has 1 heterocycles. The minimum Gasteiger partial charge on any atom is -0.365 e. The van der Waals surface area contributed by atoms with Crippen LogP contribution in [0.1, 0.15) is 18.4 Å². The minimum absolute atomic E-state index is 0.0686. The fraction of sp³-hybridized carbons (Fsp3) is 0.353. The lowest BCUT2D eigenvalue weighted by Gasteiger charge is -2.19. The Morgan fingerprint density at radius 1 is 1.30 bits per heavy atom. The van der Waals surface area contributed by atoms with Crippen LogP contribution in [0.3, 0.4) is 0 Å². The third-order valence-electron chi connectivity index (χ3n) is 4.33. The number of fused-ring (bicyclic) bond motifs is 1. The fourth-order valence-corrected chi connectivity index (χ4v) is 2.88. The van der Waals surface area contributed by atoms with Crippen LogP contribution >= 0.6 is 0 Å². The number of rotatable bonds is 10. The normalized spacial score (nSPS) is 13.5. The van der Waals surface area contributed by atoms with Gasteiger partial charge in [0.15, 0.2) is 5.03 Å². The van der Waals surface area contributed by atoms with Crippen molar-refractivity contribution in [2.45, 2.75) is 31.3 Å². The Labute approximate surface area is 171 Å². The number of hydrogen-bond acceptors (Lipinski definition) is 7. The van der Waals surface area contributed by atoms with Crippen LogP contribution in [0.25, 0.3) is 10.9 Å². The number of carbonyl (C=O) groups is 2. The molecule has 13 heteroatoms. The van der Waals surface area contributed by atoms with Gasteiger partial charge in [-0.05, 0) is 30.9 Å². The van der Waals surface area contributed by atoms with Gasteiger partial charge in [0, 0.05) is 23.6 Å². The van der Waals surface area contributed by atoms with Crippen LogP contribution in [0.4, 0.5) is 0 Å². The van der Waals surface area contributed by atoms with E-state index in [1.54, 1.807) is 11.6 Å². The zero-order chi connectivity index (χ0) is 22.1. The Balaban J connectivity index is 1.92. The molecule has 1 aromatic carbocycles. The molecule has 1 aromatic heterocycles. The van der Waals surface area contributed by atoms with Crippen molar-refractivity contribution in [2.24, 2.45) is 16.5 Å². The van der Waals surface area contributed by atoms with E-state index >= 15 is 0 Å². The molecule has 2 amide bonds. The third-order valence-corrected chi connectivity index (χ3v) is 4.33. The number of aliphatic imine (C=N–C) groups is 1. The first-order chi connectivity index (χ1) is 14.3. The number of hydrazine groups is 1. The highest BCUT2D eigenvalue weighted by molar-refractivity contribution is 5.90. The number of nitrogens with two attached hydrogens (primary N) is 2. The number of H-pyrrole nitrogens is 1. The van der Waals surface area contributed by atoms with Gasteiger partial charge in [0.05, 0.1) is 6.04 Å². The highest BCUT2D eigenvalue weighted by Crippen LogP contribution is 2.18. The van der Waals surface area contributed by atoms with E-state index in [-0.39, 0.29) is 31.8 Å². The van der Waals surface area contributed by atoms with Crippen LogP contribution in [0, 0.1) is 10.1 Å². The van der Waals surface area contributed by atoms with Gasteiger partial charge >= 0.3 is 0 Å². The summed E-state index contributed by atoms with van der Waals surface area (Å²) in [6.07, 6.45) is 2.39. The molecule has 0 aliphatic rings. The number of hydroxylamine groups is 1. The minimum atomic E-state index is -1.06. The lowest BCUT2D eigenvalue weighted by atomic mass is 10.0. The van der Waals surface area contributed by atoms with Crippen molar-refractivity contribution < 1.29 is 19.8 Å². The van der Waals surface area contributed by atoms with Gasteiger partial charge in [0.2, 0.25) is 5.91 Å². The molecule has 0 fully saturated rings. The number of carbonyl (C=O) groups excluding carboxylic acids is 2. The number of para-hydroxylation sites is 1. The third kappa shape index (κ3) is 6.42. The summed E-state index contributed by atoms with van der Waals surface area (Å²) >= 11 is 0. The van der Waals surface area contributed by atoms with Crippen molar-refractivity contribution in [3.8, 4) is 0 Å². The summed E-state index contributed by atoms with van der Waals surface area (Å²) in [5.41, 5.74) is 16.3.